The van der Waals surface area contributed by atoms with Crippen molar-refractivity contribution in [2.24, 2.45) is 5.41 Å². The zero-order chi connectivity index (χ0) is 13.0. The zero-order valence-corrected chi connectivity index (χ0v) is 13.5. The summed E-state index contributed by atoms with van der Waals surface area (Å²) in [6.45, 7) is 21.1. The minimum atomic E-state index is -1.58. The van der Waals surface area contributed by atoms with Crippen LogP contribution in [0.2, 0.25) is 18.1 Å². The first-order valence-electron chi connectivity index (χ1n) is 6.36. The van der Waals surface area contributed by atoms with Gasteiger partial charge in [0, 0.05) is 13.2 Å². The Balaban J connectivity index is 4.23. The van der Waals surface area contributed by atoms with Gasteiger partial charge in [0.05, 0.1) is 0 Å². The third-order valence-electron chi connectivity index (χ3n) is 3.48. The maximum absolute atomic E-state index is 6.25. The van der Waals surface area contributed by atoms with Gasteiger partial charge in [0.15, 0.2) is 8.32 Å². The molecule has 0 atom stereocenters. The Labute approximate surface area is 103 Å². The molecule has 0 aliphatic rings. The minimum Gasteiger partial charge on any atom is -0.416 e. The third-order valence-corrected chi connectivity index (χ3v) is 7.96. The van der Waals surface area contributed by atoms with E-state index < -0.39 is 8.32 Å². The first kappa shape index (κ1) is 16.1. The van der Waals surface area contributed by atoms with Crippen LogP contribution in [0.15, 0.2) is 0 Å². The number of hydrogen-bond acceptors (Lipinski definition) is 2. The van der Waals surface area contributed by atoms with Gasteiger partial charge in [-0.15, -0.1) is 0 Å². The van der Waals surface area contributed by atoms with Gasteiger partial charge in [-0.25, -0.2) is 0 Å². The lowest BCUT2D eigenvalue weighted by Crippen LogP contribution is -2.44. The molecule has 0 spiro atoms. The van der Waals surface area contributed by atoms with E-state index in [1.807, 2.05) is 0 Å². The fourth-order valence-electron chi connectivity index (χ4n) is 1.11. The van der Waals surface area contributed by atoms with Gasteiger partial charge in [-0.05, 0) is 30.1 Å². The molecule has 0 fully saturated rings. The molecule has 0 unspecified atom stereocenters. The zero-order valence-electron chi connectivity index (χ0n) is 12.5. The lowest BCUT2D eigenvalue weighted by Gasteiger charge is -2.39. The van der Waals surface area contributed by atoms with Gasteiger partial charge in [-0.3, -0.25) is 0 Å². The molecule has 0 aromatic heterocycles. The van der Waals surface area contributed by atoms with Gasteiger partial charge in [0.2, 0.25) is 0 Å². The average molecular weight is 245 g/mol. The molecule has 0 rings (SSSR count). The monoisotopic (exact) mass is 245 g/mol. The van der Waals surface area contributed by atoms with E-state index in [9.17, 15) is 0 Å². The molecule has 0 saturated heterocycles. The summed E-state index contributed by atoms with van der Waals surface area (Å²) in [6.07, 6.45) is 0. The number of nitrogens with one attached hydrogen (secondary N) is 1. The lowest BCUT2D eigenvalue weighted by atomic mass is 9.95. The molecule has 0 aromatic carbocycles. The molecule has 98 valence electrons. The van der Waals surface area contributed by atoms with Crippen LogP contribution in [0, 0.1) is 5.41 Å². The van der Waals surface area contributed by atoms with Gasteiger partial charge in [-0.1, -0.05) is 41.5 Å². The second-order valence-corrected chi connectivity index (χ2v) is 11.8. The first-order chi connectivity index (χ1) is 7.02. The van der Waals surface area contributed by atoms with Crippen LogP contribution in [0.5, 0.6) is 0 Å². The van der Waals surface area contributed by atoms with Crippen molar-refractivity contribution in [1.29, 1.82) is 0 Å². The van der Waals surface area contributed by atoms with E-state index in [0.717, 1.165) is 19.7 Å². The molecule has 16 heavy (non-hydrogen) atoms. The van der Waals surface area contributed by atoms with E-state index in [4.69, 9.17) is 4.43 Å². The summed E-state index contributed by atoms with van der Waals surface area (Å²) in [4.78, 5) is 0. The Morgan fingerprint density at radius 2 is 1.56 bits per heavy atom. The largest absolute Gasteiger partial charge is 0.416 e. The van der Waals surface area contributed by atoms with Gasteiger partial charge in [-0.2, -0.15) is 0 Å². The maximum Gasteiger partial charge on any atom is 0.192 e. The highest BCUT2D eigenvalue weighted by Gasteiger charge is 2.38. The fraction of sp³-hybridized carbons (Fsp3) is 1.00. The number of rotatable bonds is 6. The van der Waals surface area contributed by atoms with Crippen molar-refractivity contribution in [3.8, 4) is 0 Å². The molecule has 0 bridgehead atoms. The van der Waals surface area contributed by atoms with Crippen LogP contribution in [-0.2, 0) is 4.43 Å². The van der Waals surface area contributed by atoms with E-state index in [2.05, 4.69) is 60.0 Å². The minimum absolute atomic E-state index is 0.228. The summed E-state index contributed by atoms with van der Waals surface area (Å²) < 4.78 is 6.25. The van der Waals surface area contributed by atoms with Crippen molar-refractivity contribution in [2.45, 2.75) is 59.7 Å². The summed E-state index contributed by atoms with van der Waals surface area (Å²) >= 11 is 0. The van der Waals surface area contributed by atoms with Crippen molar-refractivity contribution < 1.29 is 4.43 Å². The molecule has 0 radical (unpaired) electrons. The summed E-state index contributed by atoms with van der Waals surface area (Å²) in [5.74, 6) is 0. The lowest BCUT2D eigenvalue weighted by molar-refractivity contribution is 0.162. The van der Waals surface area contributed by atoms with Crippen LogP contribution in [-0.4, -0.2) is 28.0 Å². The van der Waals surface area contributed by atoms with Crippen LogP contribution in [0.25, 0.3) is 0 Å². The molecule has 0 saturated carbocycles. The van der Waals surface area contributed by atoms with Crippen LogP contribution in [0.4, 0.5) is 0 Å². The summed E-state index contributed by atoms with van der Waals surface area (Å²) in [6, 6.07) is 0. The van der Waals surface area contributed by atoms with E-state index in [1.165, 1.54) is 0 Å². The van der Waals surface area contributed by atoms with Crippen molar-refractivity contribution >= 4 is 8.32 Å². The van der Waals surface area contributed by atoms with E-state index in [-0.39, 0.29) is 5.41 Å². The Hall–Kier alpha value is 0.137. The predicted octanol–water partition coefficient (Wildman–Crippen LogP) is 3.64. The van der Waals surface area contributed by atoms with Gasteiger partial charge in [0.25, 0.3) is 0 Å². The Bertz CT molecular complexity index is 206. The Morgan fingerprint density at radius 3 is 1.94 bits per heavy atom. The van der Waals surface area contributed by atoms with Crippen LogP contribution in [0.1, 0.15) is 41.5 Å². The first-order valence-corrected chi connectivity index (χ1v) is 9.27. The summed E-state index contributed by atoms with van der Waals surface area (Å²) in [5.41, 5.74) is 0.228. The molecular formula is C13H31NOSi. The Kier molecular flexibility index (Phi) is 5.70. The maximum atomic E-state index is 6.25. The van der Waals surface area contributed by atoms with Crippen LogP contribution in [0.3, 0.4) is 0 Å². The predicted molar refractivity (Wildman–Crippen MR) is 75.5 cm³/mol. The van der Waals surface area contributed by atoms with Crippen molar-refractivity contribution in [2.75, 3.05) is 19.7 Å². The van der Waals surface area contributed by atoms with Crippen molar-refractivity contribution in [1.82, 2.24) is 5.32 Å². The van der Waals surface area contributed by atoms with E-state index in [0.29, 0.717) is 5.04 Å². The molecule has 2 nitrogen and oxygen atoms in total. The molecule has 3 heteroatoms. The van der Waals surface area contributed by atoms with Gasteiger partial charge < -0.3 is 9.74 Å². The molecule has 1 N–H and O–H groups in total. The molecule has 0 aliphatic carbocycles. The van der Waals surface area contributed by atoms with Crippen molar-refractivity contribution in [3.05, 3.63) is 0 Å². The highest BCUT2D eigenvalue weighted by Crippen LogP contribution is 2.37. The highest BCUT2D eigenvalue weighted by molar-refractivity contribution is 6.74. The fourth-order valence-corrected chi connectivity index (χ4v) is 2.29. The van der Waals surface area contributed by atoms with Crippen LogP contribution < -0.4 is 5.32 Å². The number of hydrogen-bond donors (Lipinski definition) is 1. The second kappa shape index (κ2) is 5.65. The average Bonchev–Trinajstić information content (AvgIpc) is 2.10. The normalized spacial score (nSPS) is 14.2. The van der Waals surface area contributed by atoms with Gasteiger partial charge >= 0.3 is 0 Å². The highest BCUT2D eigenvalue weighted by atomic mass is 28.4. The molecule has 0 amide bonds. The second-order valence-electron chi connectivity index (χ2n) is 6.99. The Morgan fingerprint density at radius 1 is 1.06 bits per heavy atom. The molecular weight excluding hydrogens is 214 g/mol. The molecule has 0 aromatic rings. The summed E-state index contributed by atoms with van der Waals surface area (Å²) in [7, 11) is -1.58. The van der Waals surface area contributed by atoms with Crippen molar-refractivity contribution in [3.63, 3.8) is 0 Å². The topological polar surface area (TPSA) is 21.3 Å². The quantitative estimate of drug-likeness (QED) is 0.721. The third kappa shape index (κ3) is 5.46. The van der Waals surface area contributed by atoms with E-state index >= 15 is 0 Å². The van der Waals surface area contributed by atoms with Crippen LogP contribution >= 0.6 is 0 Å². The van der Waals surface area contributed by atoms with E-state index in [1.54, 1.807) is 0 Å². The standard InChI is InChI=1S/C13H31NOSi/c1-9-14-10-13(5,6)11-15-16(7,8)12(2,3)4/h14H,9-11H2,1-8H3. The van der Waals surface area contributed by atoms with Gasteiger partial charge in [0.1, 0.15) is 0 Å². The SMILES string of the molecule is CCNCC(C)(C)CO[Si](C)(C)C(C)(C)C. The smallest absolute Gasteiger partial charge is 0.192 e. The molecule has 0 heterocycles. The summed E-state index contributed by atoms with van der Waals surface area (Å²) in [5, 5.41) is 3.71. The molecule has 0 aliphatic heterocycles.